The number of benzene rings is 3. The van der Waals surface area contributed by atoms with Gasteiger partial charge in [0.05, 0.1) is 23.8 Å². The molecule has 32 heavy (non-hydrogen) atoms. The third-order valence-electron chi connectivity index (χ3n) is 5.55. The van der Waals surface area contributed by atoms with Crippen molar-refractivity contribution in [3.63, 3.8) is 0 Å². The molecule has 0 fully saturated rings. The highest BCUT2D eigenvalue weighted by Gasteiger charge is 2.33. The van der Waals surface area contributed by atoms with E-state index in [1.165, 1.54) is 12.1 Å². The first-order chi connectivity index (χ1) is 15.1. The molecule has 0 saturated heterocycles. The topological polar surface area (TPSA) is 87.0 Å². The molecule has 1 aliphatic rings. The van der Waals surface area contributed by atoms with Crippen LogP contribution in [0.1, 0.15) is 33.2 Å². The molecule has 0 unspecified atom stereocenters. The van der Waals surface area contributed by atoms with E-state index in [0.717, 1.165) is 23.8 Å². The van der Waals surface area contributed by atoms with Gasteiger partial charge in [-0.3, -0.25) is 0 Å². The van der Waals surface area contributed by atoms with Crippen LogP contribution in [0, 0.1) is 5.92 Å². The number of carboxylic acids is 1. The molecule has 5 nitrogen and oxygen atoms in total. The Balaban J connectivity index is 1.66. The number of ether oxygens (including phenoxy) is 1. The second-order valence-corrected chi connectivity index (χ2v) is 7.70. The summed E-state index contributed by atoms with van der Waals surface area (Å²) in [4.78, 5) is 11.6. The number of aliphatic hydroxyl groups excluding tert-OH is 1. The Hall–Kier alpha value is -3.52. The Morgan fingerprint density at radius 1 is 1.03 bits per heavy atom. The van der Waals surface area contributed by atoms with Crippen LogP contribution in [0.3, 0.4) is 0 Å². The summed E-state index contributed by atoms with van der Waals surface area (Å²) in [6.07, 6.45) is -4.99. The highest BCUT2D eigenvalue weighted by molar-refractivity contribution is 5.96. The van der Waals surface area contributed by atoms with E-state index in [1.54, 1.807) is 30.3 Å². The molecule has 8 heteroatoms. The van der Waals surface area contributed by atoms with E-state index >= 15 is 0 Å². The Labute approximate surface area is 181 Å². The van der Waals surface area contributed by atoms with E-state index in [2.05, 4.69) is 0 Å². The Morgan fingerprint density at radius 2 is 1.75 bits per heavy atom. The van der Waals surface area contributed by atoms with Crippen LogP contribution < -0.4 is 4.74 Å². The quantitative estimate of drug-likeness (QED) is 0.524. The van der Waals surface area contributed by atoms with Crippen LogP contribution in [0.5, 0.6) is 11.5 Å². The highest BCUT2D eigenvalue weighted by Crippen LogP contribution is 2.41. The van der Waals surface area contributed by atoms with Crippen molar-refractivity contribution in [3.8, 4) is 22.6 Å². The van der Waals surface area contributed by atoms with Gasteiger partial charge in [-0.2, -0.15) is 13.2 Å². The first kappa shape index (κ1) is 21.7. The summed E-state index contributed by atoms with van der Waals surface area (Å²) in [6.45, 7) is 0.173. The number of halogens is 3. The van der Waals surface area contributed by atoms with Crippen LogP contribution in [-0.2, 0) is 12.6 Å². The van der Waals surface area contributed by atoms with E-state index in [1.807, 2.05) is 0 Å². The second-order valence-electron chi connectivity index (χ2n) is 7.70. The third-order valence-corrected chi connectivity index (χ3v) is 5.55. The highest BCUT2D eigenvalue weighted by atomic mass is 19.4. The first-order valence-electron chi connectivity index (χ1n) is 9.81. The number of aromatic carboxylic acids is 1. The summed E-state index contributed by atoms with van der Waals surface area (Å²) >= 11 is 0. The Kier molecular flexibility index (Phi) is 5.56. The SMILES string of the molecule is O=C(O)c1ccc(C(F)(F)F)cc1-c1ccc2c(c1)OC[C@H](Cc1ccc(O)cc1)[C@H]2O. The van der Waals surface area contributed by atoms with Gasteiger partial charge in [0.15, 0.2) is 0 Å². The molecule has 2 atom stereocenters. The molecule has 0 spiro atoms. The second kappa shape index (κ2) is 8.20. The van der Waals surface area contributed by atoms with Gasteiger partial charge >= 0.3 is 12.1 Å². The predicted octanol–water partition coefficient (Wildman–Crippen LogP) is 5.06. The van der Waals surface area contributed by atoms with Crippen LogP contribution in [0.15, 0.2) is 60.7 Å². The largest absolute Gasteiger partial charge is 0.508 e. The lowest BCUT2D eigenvalue weighted by molar-refractivity contribution is -0.137. The van der Waals surface area contributed by atoms with Crippen LogP contribution in [0.2, 0.25) is 0 Å². The van der Waals surface area contributed by atoms with Crippen LogP contribution in [-0.4, -0.2) is 27.9 Å². The lowest BCUT2D eigenvalue weighted by Crippen LogP contribution is -2.27. The number of carbonyl (C=O) groups is 1. The smallest absolute Gasteiger partial charge is 0.416 e. The number of hydrogen-bond donors (Lipinski definition) is 3. The fourth-order valence-electron chi connectivity index (χ4n) is 3.86. The molecule has 1 aliphatic heterocycles. The zero-order valence-electron chi connectivity index (χ0n) is 16.6. The molecule has 0 radical (unpaired) electrons. The van der Waals surface area contributed by atoms with Crippen molar-refractivity contribution in [1.29, 1.82) is 0 Å². The standard InChI is InChI=1S/C24H19F3O5/c25-24(26,27)16-4-8-18(23(30)31)20(11-16)14-3-7-19-21(10-14)32-12-15(22(19)29)9-13-1-5-17(28)6-2-13/h1-8,10-11,15,22,28-29H,9,12H2,(H,30,31)/t15-,22+/m0/s1. The van der Waals surface area contributed by atoms with Crippen LogP contribution in [0.4, 0.5) is 13.2 Å². The molecule has 0 aliphatic carbocycles. The van der Waals surface area contributed by atoms with Crippen molar-refractivity contribution in [3.05, 3.63) is 82.9 Å². The third kappa shape index (κ3) is 4.27. The first-order valence-corrected chi connectivity index (χ1v) is 9.81. The van der Waals surface area contributed by atoms with Gasteiger partial charge in [-0.1, -0.05) is 24.3 Å². The van der Waals surface area contributed by atoms with Crippen molar-refractivity contribution >= 4 is 5.97 Å². The zero-order valence-corrected chi connectivity index (χ0v) is 16.6. The van der Waals surface area contributed by atoms with Crippen LogP contribution in [0.25, 0.3) is 11.1 Å². The number of rotatable bonds is 4. The zero-order chi connectivity index (χ0) is 23.0. The van der Waals surface area contributed by atoms with E-state index < -0.39 is 23.8 Å². The van der Waals surface area contributed by atoms with Gasteiger partial charge in [0.2, 0.25) is 0 Å². The fraction of sp³-hybridized carbons (Fsp3) is 0.208. The molecule has 0 aromatic heterocycles. The number of fused-ring (bicyclic) bond motifs is 1. The maximum atomic E-state index is 13.2. The molecule has 3 aromatic carbocycles. The lowest BCUT2D eigenvalue weighted by Gasteiger charge is -2.31. The van der Waals surface area contributed by atoms with Crippen LogP contribution >= 0.6 is 0 Å². The minimum atomic E-state index is -4.62. The molecule has 3 aromatic rings. The number of phenols is 1. The summed E-state index contributed by atoms with van der Waals surface area (Å²) in [5.41, 5.74) is 0.332. The number of aromatic hydroxyl groups is 1. The molecule has 3 N–H and O–H groups in total. The minimum absolute atomic E-state index is 0.0839. The number of aliphatic hydroxyl groups is 1. The summed E-state index contributed by atoms with van der Waals surface area (Å²) in [5.74, 6) is -1.17. The molecule has 166 valence electrons. The van der Waals surface area contributed by atoms with Crippen molar-refractivity contribution in [2.45, 2.75) is 18.7 Å². The molecular weight excluding hydrogens is 425 g/mol. The normalized spacial score (nSPS) is 18.0. The number of hydrogen-bond acceptors (Lipinski definition) is 4. The summed E-state index contributed by atoms with van der Waals surface area (Å²) in [6, 6.07) is 13.6. The summed E-state index contributed by atoms with van der Waals surface area (Å²) in [7, 11) is 0. The van der Waals surface area contributed by atoms with Gasteiger partial charge in [-0.25, -0.2) is 4.79 Å². The fourth-order valence-corrected chi connectivity index (χ4v) is 3.86. The van der Waals surface area contributed by atoms with Crippen molar-refractivity contribution < 1.29 is 38.0 Å². The lowest BCUT2D eigenvalue weighted by atomic mass is 9.87. The van der Waals surface area contributed by atoms with Crippen molar-refractivity contribution in [1.82, 2.24) is 0 Å². The van der Waals surface area contributed by atoms with Gasteiger partial charge in [0, 0.05) is 11.5 Å². The van der Waals surface area contributed by atoms with Gasteiger partial charge in [0.1, 0.15) is 11.5 Å². The molecule has 0 saturated carbocycles. The van der Waals surface area contributed by atoms with Crippen molar-refractivity contribution in [2.24, 2.45) is 5.92 Å². The summed E-state index contributed by atoms with van der Waals surface area (Å²) < 4.78 is 45.3. The molecule has 4 rings (SSSR count). The minimum Gasteiger partial charge on any atom is -0.508 e. The summed E-state index contributed by atoms with van der Waals surface area (Å²) in [5, 5.41) is 29.7. The average molecular weight is 444 g/mol. The number of phenolic OH excluding ortho intramolecular Hbond substituents is 1. The average Bonchev–Trinajstić information content (AvgIpc) is 2.76. The van der Waals surface area contributed by atoms with E-state index in [4.69, 9.17) is 4.74 Å². The molecular formula is C24H19F3O5. The Morgan fingerprint density at radius 3 is 2.41 bits per heavy atom. The molecule has 0 bridgehead atoms. The van der Waals surface area contributed by atoms with Gasteiger partial charge in [0.25, 0.3) is 0 Å². The van der Waals surface area contributed by atoms with Gasteiger partial charge in [-0.05, 0) is 59.5 Å². The maximum absolute atomic E-state index is 13.2. The molecule has 0 amide bonds. The van der Waals surface area contributed by atoms with E-state index in [-0.39, 0.29) is 35.0 Å². The monoisotopic (exact) mass is 444 g/mol. The van der Waals surface area contributed by atoms with E-state index in [0.29, 0.717) is 17.7 Å². The molecule has 1 heterocycles. The van der Waals surface area contributed by atoms with Gasteiger partial charge in [-0.15, -0.1) is 0 Å². The number of carboxylic acid groups (broad SMARTS) is 1. The maximum Gasteiger partial charge on any atom is 0.416 e. The predicted molar refractivity (Wildman–Crippen MR) is 110 cm³/mol. The Bertz CT molecular complexity index is 1160. The van der Waals surface area contributed by atoms with Gasteiger partial charge < -0.3 is 20.1 Å². The van der Waals surface area contributed by atoms with E-state index in [9.17, 15) is 33.3 Å². The number of alkyl halides is 3. The van der Waals surface area contributed by atoms with Crippen molar-refractivity contribution in [2.75, 3.05) is 6.61 Å².